The lowest BCUT2D eigenvalue weighted by molar-refractivity contribution is -0.150. The van der Waals surface area contributed by atoms with Gasteiger partial charge in [0.15, 0.2) is 5.83 Å². The molecule has 0 saturated heterocycles. The number of aliphatic carboxylic acids is 1. The molecule has 1 aliphatic heterocycles. The Balaban J connectivity index is 2.98. The van der Waals surface area contributed by atoms with Crippen molar-refractivity contribution in [3.05, 3.63) is 11.6 Å². The Kier molecular flexibility index (Phi) is 4.66. The summed E-state index contributed by atoms with van der Waals surface area (Å²) in [7, 11) is 0. The fourth-order valence-electron chi connectivity index (χ4n) is 1.95. The maximum Gasteiger partial charge on any atom is 0.326 e. The van der Waals surface area contributed by atoms with Crippen molar-refractivity contribution in [3.63, 3.8) is 0 Å². The molecule has 2 atom stereocenters. The standard InChI is InChI=1S/C11H16FNO5/c1-2-3-4-6(11(17)18)13-7(5-14)8(12)9(15)10(13)16/h6-7,14-15H,2-5H2,1H3,(H,17,18). The Bertz CT molecular complexity index is 382. The maximum atomic E-state index is 13.4. The monoisotopic (exact) mass is 261 g/mol. The van der Waals surface area contributed by atoms with Crippen LogP contribution in [0.3, 0.4) is 0 Å². The number of carboxylic acids is 1. The zero-order valence-electron chi connectivity index (χ0n) is 9.97. The summed E-state index contributed by atoms with van der Waals surface area (Å²) < 4.78 is 13.4. The van der Waals surface area contributed by atoms with Crippen molar-refractivity contribution in [2.75, 3.05) is 6.61 Å². The Morgan fingerprint density at radius 1 is 1.56 bits per heavy atom. The van der Waals surface area contributed by atoms with Crippen LogP contribution >= 0.6 is 0 Å². The van der Waals surface area contributed by atoms with Gasteiger partial charge in [-0.2, -0.15) is 0 Å². The molecule has 0 spiro atoms. The molecule has 1 aliphatic rings. The summed E-state index contributed by atoms with van der Waals surface area (Å²) in [6.07, 6.45) is 1.41. The van der Waals surface area contributed by atoms with Gasteiger partial charge in [0.05, 0.1) is 6.61 Å². The molecule has 0 radical (unpaired) electrons. The molecule has 7 heteroatoms. The van der Waals surface area contributed by atoms with Crippen LogP contribution in [0.15, 0.2) is 11.6 Å². The molecule has 102 valence electrons. The number of nitrogens with zero attached hydrogens (tertiary/aromatic N) is 1. The van der Waals surface area contributed by atoms with E-state index in [1.165, 1.54) is 0 Å². The predicted octanol–water partition coefficient (Wildman–Crippen LogP) is 0.572. The number of amides is 1. The normalized spacial score (nSPS) is 21.6. The van der Waals surface area contributed by atoms with Crippen molar-refractivity contribution >= 4 is 11.9 Å². The Morgan fingerprint density at radius 3 is 2.61 bits per heavy atom. The highest BCUT2D eigenvalue weighted by Gasteiger charge is 2.45. The molecular weight excluding hydrogens is 245 g/mol. The Morgan fingerprint density at radius 2 is 2.17 bits per heavy atom. The van der Waals surface area contributed by atoms with Crippen molar-refractivity contribution in [1.29, 1.82) is 0 Å². The highest BCUT2D eigenvalue weighted by Crippen LogP contribution is 2.29. The molecule has 0 aliphatic carbocycles. The minimum absolute atomic E-state index is 0.147. The van der Waals surface area contributed by atoms with E-state index in [1.54, 1.807) is 0 Å². The van der Waals surface area contributed by atoms with E-state index >= 15 is 0 Å². The number of carbonyl (C=O) groups excluding carboxylic acids is 1. The fourth-order valence-corrected chi connectivity index (χ4v) is 1.95. The van der Waals surface area contributed by atoms with Gasteiger partial charge in [0.1, 0.15) is 12.1 Å². The van der Waals surface area contributed by atoms with Crippen LogP contribution < -0.4 is 0 Å². The van der Waals surface area contributed by atoms with Gasteiger partial charge in [-0.05, 0) is 6.42 Å². The lowest BCUT2D eigenvalue weighted by atomic mass is 10.1. The van der Waals surface area contributed by atoms with Gasteiger partial charge >= 0.3 is 5.97 Å². The first kappa shape index (κ1) is 14.4. The number of unbranched alkanes of at least 4 members (excludes halogenated alkanes) is 1. The molecule has 0 fully saturated rings. The molecule has 1 rings (SSSR count). The lowest BCUT2D eigenvalue weighted by Crippen LogP contribution is -2.49. The van der Waals surface area contributed by atoms with E-state index in [0.29, 0.717) is 11.3 Å². The van der Waals surface area contributed by atoms with Crippen molar-refractivity contribution < 1.29 is 29.3 Å². The Labute approximate surface area is 103 Å². The predicted molar refractivity (Wildman–Crippen MR) is 59.4 cm³/mol. The largest absolute Gasteiger partial charge is 0.501 e. The van der Waals surface area contributed by atoms with Gasteiger partial charge in [-0.15, -0.1) is 0 Å². The van der Waals surface area contributed by atoms with Crippen LogP contribution in [-0.2, 0) is 9.59 Å². The third-order valence-corrected chi connectivity index (χ3v) is 2.92. The van der Waals surface area contributed by atoms with E-state index < -0.39 is 42.2 Å². The molecule has 0 saturated carbocycles. The van der Waals surface area contributed by atoms with Crippen LogP contribution in [0.5, 0.6) is 0 Å². The zero-order chi connectivity index (χ0) is 13.9. The van der Waals surface area contributed by atoms with Crippen molar-refractivity contribution in [3.8, 4) is 0 Å². The quantitative estimate of drug-likeness (QED) is 0.649. The van der Waals surface area contributed by atoms with Crippen molar-refractivity contribution in [1.82, 2.24) is 4.90 Å². The molecule has 0 aromatic carbocycles. The van der Waals surface area contributed by atoms with Gasteiger partial charge in [-0.25, -0.2) is 9.18 Å². The summed E-state index contributed by atoms with van der Waals surface area (Å²) in [5, 5.41) is 27.3. The summed E-state index contributed by atoms with van der Waals surface area (Å²) in [5.74, 6) is -4.66. The zero-order valence-corrected chi connectivity index (χ0v) is 9.97. The molecule has 0 aromatic heterocycles. The molecule has 1 heterocycles. The number of aliphatic hydroxyl groups is 2. The molecule has 6 nitrogen and oxygen atoms in total. The summed E-state index contributed by atoms with van der Waals surface area (Å²) >= 11 is 0. The van der Waals surface area contributed by atoms with Gasteiger partial charge in [-0.1, -0.05) is 19.8 Å². The highest BCUT2D eigenvalue weighted by atomic mass is 19.1. The van der Waals surface area contributed by atoms with Gasteiger partial charge in [0.2, 0.25) is 5.76 Å². The molecule has 3 N–H and O–H groups in total. The van der Waals surface area contributed by atoms with E-state index in [4.69, 9.17) is 10.2 Å². The summed E-state index contributed by atoms with van der Waals surface area (Å²) in [5.41, 5.74) is 0. The topological polar surface area (TPSA) is 98.1 Å². The van der Waals surface area contributed by atoms with Crippen molar-refractivity contribution in [2.45, 2.75) is 38.3 Å². The van der Waals surface area contributed by atoms with Gasteiger partial charge in [-0.3, -0.25) is 4.79 Å². The molecule has 0 bridgehead atoms. The average molecular weight is 261 g/mol. The van der Waals surface area contributed by atoms with E-state index in [-0.39, 0.29) is 6.42 Å². The molecule has 0 aromatic rings. The Hall–Kier alpha value is -1.63. The minimum Gasteiger partial charge on any atom is -0.501 e. The van der Waals surface area contributed by atoms with Crippen LogP contribution in [0.4, 0.5) is 4.39 Å². The summed E-state index contributed by atoms with van der Waals surface area (Å²) in [6, 6.07) is -2.65. The number of carbonyl (C=O) groups is 2. The number of carboxylic acid groups (broad SMARTS) is 1. The first-order valence-electron chi connectivity index (χ1n) is 5.70. The fraction of sp³-hybridized carbons (Fsp3) is 0.636. The second-order valence-corrected chi connectivity index (χ2v) is 4.10. The van der Waals surface area contributed by atoms with E-state index in [2.05, 4.69) is 0 Å². The molecule has 2 unspecified atom stereocenters. The van der Waals surface area contributed by atoms with Crippen LogP contribution in [0.1, 0.15) is 26.2 Å². The third-order valence-electron chi connectivity index (χ3n) is 2.92. The van der Waals surface area contributed by atoms with Gasteiger partial charge < -0.3 is 20.2 Å². The van der Waals surface area contributed by atoms with E-state index in [9.17, 15) is 19.1 Å². The number of rotatable bonds is 6. The SMILES string of the molecule is CCCCC(C(=O)O)N1C(=O)C(O)=C(F)C1CO. The lowest BCUT2D eigenvalue weighted by Gasteiger charge is -2.29. The number of hydrogen-bond donors (Lipinski definition) is 3. The van der Waals surface area contributed by atoms with E-state index in [0.717, 1.165) is 6.42 Å². The van der Waals surface area contributed by atoms with Crippen LogP contribution in [0.2, 0.25) is 0 Å². The summed E-state index contributed by atoms with van der Waals surface area (Å²) in [6.45, 7) is 1.09. The first-order chi connectivity index (χ1) is 8.45. The molecule has 18 heavy (non-hydrogen) atoms. The second-order valence-electron chi connectivity index (χ2n) is 4.10. The van der Waals surface area contributed by atoms with Crippen molar-refractivity contribution in [2.24, 2.45) is 0 Å². The van der Waals surface area contributed by atoms with Crippen LogP contribution in [0, 0.1) is 0 Å². The smallest absolute Gasteiger partial charge is 0.326 e. The highest BCUT2D eigenvalue weighted by molar-refractivity contribution is 5.97. The first-order valence-corrected chi connectivity index (χ1v) is 5.70. The van der Waals surface area contributed by atoms with Gasteiger partial charge in [0.25, 0.3) is 5.91 Å². The number of hydrogen-bond acceptors (Lipinski definition) is 4. The van der Waals surface area contributed by atoms with E-state index in [1.807, 2.05) is 6.92 Å². The second kappa shape index (κ2) is 5.81. The minimum atomic E-state index is -1.41. The number of aliphatic hydroxyl groups excluding tert-OH is 2. The van der Waals surface area contributed by atoms with Crippen LogP contribution in [-0.4, -0.2) is 50.8 Å². The maximum absolute atomic E-state index is 13.4. The van der Waals surface area contributed by atoms with Gasteiger partial charge in [0, 0.05) is 0 Å². The number of halogens is 1. The van der Waals surface area contributed by atoms with Crippen LogP contribution in [0.25, 0.3) is 0 Å². The molecule has 1 amide bonds. The average Bonchev–Trinajstić information content (AvgIpc) is 2.54. The summed E-state index contributed by atoms with van der Waals surface area (Å²) in [4.78, 5) is 23.4. The third kappa shape index (κ3) is 2.45. The molecular formula is C11H16FNO5.